The number of benzene rings is 1. The van der Waals surface area contributed by atoms with Gasteiger partial charge in [0.05, 0.1) is 10.0 Å². The van der Waals surface area contributed by atoms with Crippen molar-refractivity contribution in [3.8, 4) is 0 Å². The summed E-state index contributed by atoms with van der Waals surface area (Å²) >= 11 is 15.4. The third kappa shape index (κ3) is 1.88. The SMILES string of the molecule is CC(C)c1nc2c(Cl)cc(Br)c(Cl)c2o1. The lowest BCUT2D eigenvalue weighted by Crippen LogP contribution is -1.84. The van der Waals surface area contributed by atoms with Crippen molar-refractivity contribution < 1.29 is 4.42 Å². The minimum Gasteiger partial charge on any atom is -0.439 e. The fraction of sp³-hybridized carbons (Fsp3) is 0.300. The van der Waals surface area contributed by atoms with E-state index in [4.69, 9.17) is 27.6 Å². The highest BCUT2D eigenvalue weighted by molar-refractivity contribution is 9.10. The Kier molecular flexibility index (Phi) is 2.97. The van der Waals surface area contributed by atoms with E-state index in [0.717, 1.165) is 0 Å². The molecule has 2 aromatic rings. The van der Waals surface area contributed by atoms with Crippen molar-refractivity contribution in [1.29, 1.82) is 0 Å². The first-order valence-electron chi connectivity index (χ1n) is 4.44. The Hall–Kier alpha value is -0.250. The summed E-state index contributed by atoms with van der Waals surface area (Å²) in [6, 6.07) is 1.72. The first-order valence-corrected chi connectivity index (χ1v) is 5.99. The number of aromatic nitrogens is 1. The first kappa shape index (κ1) is 11.2. The Morgan fingerprint density at radius 2 is 2.07 bits per heavy atom. The maximum absolute atomic E-state index is 6.08. The van der Waals surface area contributed by atoms with Gasteiger partial charge in [-0.1, -0.05) is 37.0 Å². The molecule has 5 heteroatoms. The third-order valence-electron chi connectivity index (χ3n) is 2.03. The van der Waals surface area contributed by atoms with Crippen LogP contribution in [-0.4, -0.2) is 4.98 Å². The molecular formula is C10H8BrCl2NO. The van der Waals surface area contributed by atoms with Crippen LogP contribution in [0.25, 0.3) is 11.1 Å². The zero-order chi connectivity index (χ0) is 11.2. The molecule has 0 amide bonds. The Bertz CT molecular complexity index is 522. The van der Waals surface area contributed by atoms with Gasteiger partial charge in [0.2, 0.25) is 0 Å². The summed E-state index contributed by atoms with van der Waals surface area (Å²) in [6.45, 7) is 4.00. The lowest BCUT2D eigenvalue weighted by atomic mass is 10.2. The molecular weight excluding hydrogens is 301 g/mol. The molecule has 2 rings (SSSR count). The fourth-order valence-corrected chi connectivity index (χ4v) is 2.21. The van der Waals surface area contributed by atoms with Gasteiger partial charge in [0.15, 0.2) is 11.5 Å². The van der Waals surface area contributed by atoms with Crippen LogP contribution in [0, 0.1) is 0 Å². The minimum atomic E-state index is 0.211. The number of oxazole rings is 1. The molecule has 0 aliphatic carbocycles. The molecule has 0 spiro atoms. The second-order valence-electron chi connectivity index (χ2n) is 3.54. The molecule has 0 atom stereocenters. The molecule has 2 nitrogen and oxygen atoms in total. The van der Waals surface area contributed by atoms with Gasteiger partial charge >= 0.3 is 0 Å². The highest BCUT2D eigenvalue weighted by atomic mass is 79.9. The van der Waals surface area contributed by atoms with E-state index < -0.39 is 0 Å². The van der Waals surface area contributed by atoms with Gasteiger partial charge in [-0.15, -0.1) is 0 Å². The van der Waals surface area contributed by atoms with E-state index in [1.54, 1.807) is 6.07 Å². The lowest BCUT2D eigenvalue weighted by Gasteiger charge is -1.97. The summed E-state index contributed by atoms with van der Waals surface area (Å²) in [5, 5.41) is 1.05. The highest BCUT2D eigenvalue weighted by Crippen LogP contribution is 2.37. The Balaban J connectivity index is 2.80. The molecule has 0 N–H and O–H groups in total. The molecule has 0 saturated heterocycles. The van der Waals surface area contributed by atoms with Crippen molar-refractivity contribution >= 4 is 50.2 Å². The van der Waals surface area contributed by atoms with E-state index in [9.17, 15) is 0 Å². The van der Waals surface area contributed by atoms with Gasteiger partial charge < -0.3 is 4.42 Å². The fourth-order valence-electron chi connectivity index (χ4n) is 1.25. The summed E-state index contributed by atoms with van der Waals surface area (Å²) in [5.41, 5.74) is 1.16. The Labute approximate surface area is 106 Å². The van der Waals surface area contributed by atoms with Gasteiger partial charge in [0.1, 0.15) is 5.52 Å². The van der Waals surface area contributed by atoms with Crippen LogP contribution >= 0.6 is 39.1 Å². The topological polar surface area (TPSA) is 26.0 Å². The average Bonchev–Trinajstić information content (AvgIpc) is 2.59. The molecule has 0 unspecified atom stereocenters. The maximum Gasteiger partial charge on any atom is 0.198 e. The molecule has 1 aromatic heterocycles. The number of nitrogens with zero attached hydrogens (tertiary/aromatic N) is 1. The maximum atomic E-state index is 6.08. The van der Waals surface area contributed by atoms with Crippen molar-refractivity contribution in [3.05, 3.63) is 26.5 Å². The molecule has 80 valence electrons. The number of fused-ring (bicyclic) bond motifs is 1. The normalized spacial score (nSPS) is 11.6. The highest BCUT2D eigenvalue weighted by Gasteiger charge is 2.16. The summed E-state index contributed by atoms with van der Waals surface area (Å²) in [7, 11) is 0. The van der Waals surface area contributed by atoms with Crippen molar-refractivity contribution in [2.24, 2.45) is 0 Å². The number of rotatable bonds is 1. The monoisotopic (exact) mass is 307 g/mol. The molecule has 0 aliphatic heterocycles. The third-order valence-corrected chi connectivity index (χ3v) is 3.54. The first-order chi connectivity index (χ1) is 7.00. The molecule has 0 radical (unpaired) electrons. The van der Waals surface area contributed by atoms with Crippen LogP contribution in [0.1, 0.15) is 25.7 Å². The molecule has 1 heterocycles. The van der Waals surface area contributed by atoms with E-state index in [1.807, 2.05) is 13.8 Å². The predicted octanol–water partition coefficient (Wildman–Crippen LogP) is 5.02. The lowest BCUT2D eigenvalue weighted by molar-refractivity contribution is 0.501. The van der Waals surface area contributed by atoms with Crippen LogP contribution in [0.2, 0.25) is 10.0 Å². The van der Waals surface area contributed by atoms with Crippen molar-refractivity contribution in [1.82, 2.24) is 4.98 Å². The van der Waals surface area contributed by atoms with E-state index in [2.05, 4.69) is 20.9 Å². The molecule has 0 saturated carbocycles. The van der Waals surface area contributed by atoms with Crippen molar-refractivity contribution in [3.63, 3.8) is 0 Å². The van der Waals surface area contributed by atoms with Gasteiger partial charge in [-0.3, -0.25) is 0 Å². The van der Waals surface area contributed by atoms with Gasteiger partial charge in [0, 0.05) is 10.4 Å². The minimum absolute atomic E-state index is 0.211. The van der Waals surface area contributed by atoms with Crippen LogP contribution in [-0.2, 0) is 0 Å². The van der Waals surface area contributed by atoms with Crippen LogP contribution in [0.5, 0.6) is 0 Å². The smallest absolute Gasteiger partial charge is 0.198 e. The average molecular weight is 309 g/mol. The zero-order valence-corrected chi connectivity index (χ0v) is 11.2. The van der Waals surface area contributed by atoms with Crippen LogP contribution in [0.15, 0.2) is 15.0 Å². The number of hydrogen-bond donors (Lipinski definition) is 0. The Morgan fingerprint density at radius 3 is 2.67 bits per heavy atom. The second kappa shape index (κ2) is 3.96. The van der Waals surface area contributed by atoms with Gasteiger partial charge in [-0.25, -0.2) is 4.98 Å². The van der Waals surface area contributed by atoms with E-state index in [-0.39, 0.29) is 5.92 Å². The van der Waals surface area contributed by atoms with Gasteiger partial charge in [-0.2, -0.15) is 0 Å². The Morgan fingerprint density at radius 1 is 1.40 bits per heavy atom. The summed E-state index contributed by atoms with van der Waals surface area (Å²) < 4.78 is 6.28. The van der Waals surface area contributed by atoms with E-state index >= 15 is 0 Å². The predicted molar refractivity (Wildman–Crippen MR) is 65.8 cm³/mol. The summed E-state index contributed by atoms with van der Waals surface area (Å²) in [4.78, 5) is 4.31. The van der Waals surface area contributed by atoms with Gasteiger partial charge in [-0.05, 0) is 22.0 Å². The molecule has 15 heavy (non-hydrogen) atoms. The molecule has 0 fully saturated rings. The number of halogens is 3. The van der Waals surface area contributed by atoms with Crippen LogP contribution in [0.4, 0.5) is 0 Å². The van der Waals surface area contributed by atoms with E-state index in [1.165, 1.54) is 0 Å². The number of hydrogen-bond acceptors (Lipinski definition) is 2. The zero-order valence-electron chi connectivity index (χ0n) is 8.14. The molecule has 0 aliphatic rings. The van der Waals surface area contributed by atoms with Crippen molar-refractivity contribution in [2.75, 3.05) is 0 Å². The standard InChI is InChI=1S/C10H8BrCl2NO/c1-4(2)10-14-8-6(12)3-5(11)7(13)9(8)15-10/h3-4H,1-2H3. The molecule has 1 aromatic carbocycles. The molecule has 0 bridgehead atoms. The summed E-state index contributed by atoms with van der Waals surface area (Å²) in [6.07, 6.45) is 0. The second-order valence-corrected chi connectivity index (χ2v) is 5.18. The summed E-state index contributed by atoms with van der Waals surface area (Å²) in [5.74, 6) is 0.857. The van der Waals surface area contributed by atoms with Gasteiger partial charge in [0.25, 0.3) is 0 Å². The quantitative estimate of drug-likeness (QED) is 0.691. The van der Waals surface area contributed by atoms with E-state index in [0.29, 0.717) is 31.5 Å². The largest absolute Gasteiger partial charge is 0.439 e. The van der Waals surface area contributed by atoms with Crippen LogP contribution in [0.3, 0.4) is 0 Å². The van der Waals surface area contributed by atoms with Crippen LogP contribution < -0.4 is 0 Å². The van der Waals surface area contributed by atoms with Crippen molar-refractivity contribution in [2.45, 2.75) is 19.8 Å².